The first kappa shape index (κ1) is 23.2. The van der Waals surface area contributed by atoms with E-state index in [1.165, 1.54) is 12.1 Å². The fourth-order valence-corrected chi connectivity index (χ4v) is 3.92. The number of benzene rings is 3. The Morgan fingerprint density at radius 3 is 2.38 bits per heavy atom. The molecule has 0 atom stereocenters. The molecule has 0 fully saturated rings. The number of carbonyl (C=O) groups is 3. The van der Waals surface area contributed by atoms with E-state index in [0.717, 1.165) is 28.3 Å². The molecular weight excluding hydrogens is 457 g/mol. The number of halogens is 2. The van der Waals surface area contributed by atoms with Gasteiger partial charge in [0.05, 0.1) is 5.69 Å². The molecule has 1 aliphatic heterocycles. The van der Waals surface area contributed by atoms with Crippen molar-refractivity contribution >= 4 is 46.4 Å². The summed E-state index contributed by atoms with van der Waals surface area (Å²) in [6.45, 7) is 4.31. The van der Waals surface area contributed by atoms with Crippen molar-refractivity contribution in [2.75, 3.05) is 21.7 Å². The van der Waals surface area contributed by atoms with Crippen molar-refractivity contribution in [2.45, 2.75) is 13.8 Å². The maximum atomic E-state index is 13.3. The van der Waals surface area contributed by atoms with E-state index in [2.05, 4.69) is 5.32 Å². The van der Waals surface area contributed by atoms with Crippen LogP contribution in [-0.2, 0) is 9.59 Å². The molecule has 0 radical (unpaired) electrons. The summed E-state index contributed by atoms with van der Waals surface area (Å²) in [6.07, 6.45) is 0. The zero-order chi connectivity index (χ0) is 24.4. The van der Waals surface area contributed by atoms with E-state index in [1.807, 2.05) is 38.1 Å². The SMILES string of the molecule is CCN(C(=O)c1cccc(NC2=C(Cl)C(=O)N(c3ccc(F)cc3)C2=O)c1)c1cccc(C)c1. The van der Waals surface area contributed by atoms with Gasteiger partial charge in [0, 0.05) is 23.5 Å². The third-order valence-corrected chi connectivity index (χ3v) is 5.72. The van der Waals surface area contributed by atoms with Gasteiger partial charge < -0.3 is 10.2 Å². The van der Waals surface area contributed by atoms with Crippen molar-refractivity contribution in [1.82, 2.24) is 0 Å². The lowest BCUT2D eigenvalue weighted by molar-refractivity contribution is -0.120. The van der Waals surface area contributed by atoms with Crippen LogP contribution in [0.5, 0.6) is 0 Å². The first-order valence-corrected chi connectivity index (χ1v) is 11.0. The highest BCUT2D eigenvalue weighted by Gasteiger charge is 2.39. The van der Waals surface area contributed by atoms with Crippen LogP contribution in [0.3, 0.4) is 0 Å². The summed E-state index contributed by atoms with van der Waals surface area (Å²) in [4.78, 5) is 41.3. The second kappa shape index (κ2) is 9.49. The molecule has 1 heterocycles. The Hall–Kier alpha value is -3.97. The number of hydrogen-bond donors (Lipinski definition) is 1. The maximum Gasteiger partial charge on any atom is 0.283 e. The Labute approximate surface area is 201 Å². The van der Waals surface area contributed by atoms with E-state index in [9.17, 15) is 18.8 Å². The van der Waals surface area contributed by atoms with Crippen LogP contribution in [0.1, 0.15) is 22.8 Å². The first-order chi connectivity index (χ1) is 16.3. The molecule has 8 heteroatoms. The largest absolute Gasteiger partial charge is 0.350 e. The third-order valence-electron chi connectivity index (χ3n) is 5.37. The van der Waals surface area contributed by atoms with Crippen LogP contribution in [-0.4, -0.2) is 24.3 Å². The lowest BCUT2D eigenvalue weighted by atomic mass is 10.1. The number of carbonyl (C=O) groups excluding carboxylic acids is 3. The maximum absolute atomic E-state index is 13.3. The normalized spacial score (nSPS) is 13.5. The zero-order valence-corrected chi connectivity index (χ0v) is 19.3. The predicted molar refractivity (Wildman–Crippen MR) is 130 cm³/mol. The highest BCUT2D eigenvalue weighted by molar-refractivity contribution is 6.53. The van der Waals surface area contributed by atoms with Gasteiger partial charge in [0.25, 0.3) is 17.7 Å². The van der Waals surface area contributed by atoms with Gasteiger partial charge in [-0.05, 0) is 74.0 Å². The Morgan fingerprint density at radius 1 is 1.00 bits per heavy atom. The minimum absolute atomic E-state index is 0.119. The first-order valence-electron chi connectivity index (χ1n) is 10.6. The Kier molecular flexibility index (Phi) is 6.47. The molecule has 0 unspecified atom stereocenters. The highest BCUT2D eigenvalue weighted by Crippen LogP contribution is 2.30. The fourth-order valence-electron chi connectivity index (χ4n) is 3.71. The molecule has 172 valence electrons. The van der Waals surface area contributed by atoms with Crippen LogP contribution in [0.25, 0.3) is 0 Å². The zero-order valence-electron chi connectivity index (χ0n) is 18.5. The van der Waals surface area contributed by atoms with E-state index in [-0.39, 0.29) is 22.3 Å². The van der Waals surface area contributed by atoms with Crippen LogP contribution in [0.4, 0.5) is 21.5 Å². The lowest BCUT2D eigenvalue weighted by Gasteiger charge is -2.22. The summed E-state index contributed by atoms with van der Waals surface area (Å²) >= 11 is 6.18. The molecule has 0 spiro atoms. The minimum Gasteiger partial charge on any atom is -0.350 e. The van der Waals surface area contributed by atoms with Crippen molar-refractivity contribution in [3.8, 4) is 0 Å². The van der Waals surface area contributed by atoms with E-state index in [0.29, 0.717) is 17.8 Å². The Morgan fingerprint density at radius 2 is 1.71 bits per heavy atom. The molecule has 3 aromatic rings. The molecule has 34 heavy (non-hydrogen) atoms. The van der Waals surface area contributed by atoms with Gasteiger partial charge in [0.1, 0.15) is 16.5 Å². The van der Waals surface area contributed by atoms with Crippen molar-refractivity contribution < 1.29 is 18.8 Å². The van der Waals surface area contributed by atoms with Gasteiger partial charge in [0.2, 0.25) is 0 Å². The van der Waals surface area contributed by atoms with Crippen LogP contribution in [0, 0.1) is 12.7 Å². The second-order valence-electron chi connectivity index (χ2n) is 7.71. The van der Waals surface area contributed by atoms with Crippen LogP contribution < -0.4 is 15.1 Å². The fraction of sp³-hybridized carbons (Fsp3) is 0.115. The van der Waals surface area contributed by atoms with E-state index >= 15 is 0 Å². The van der Waals surface area contributed by atoms with Crippen LogP contribution >= 0.6 is 11.6 Å². The number of nitrogens with zero attached hydrogens (tertiary/aromatic N) is 2. The molecule has 4 rings (SSSR count). The third kappa shape index (κ3) is 4.43. The van der Waals surface area contributed by atoms with E-state index < -0.39 is 17.6 Å². The predicted octanol–water partition coefficient (Wildman–Crippen LogP) is 5.24. The smallest absolute Gasteiger partial charge is 0.283 e. The molecule has 3 aromatic carbocycles. The number of imide groups is 1. The Balaban J connectivity index is 1.58. The summed E-state index contributed by atoms with van der Waals surface area (Å²) in [6, 6.07) is 19.2. The van der Waals surface area contributed by atoms with Crippen LogP contribution in [0.2, 0.25) is 0 Å². The topological polar surface area (TPSA) is 69.7 Å². The molecule has 1 aliphatic rings. The average molecular weight is 478 g/mol. The molecule has 3 amide bonds. The molecule has 6 nitrogen and oxygen atoms in total. The quantitative estimate of drug-likeness (QED) is 0.493. The molecule has 0 aromatic heterocycles. The Bertz CT molecular complexity index is 1320. The van der Waals surface area contributed by atoms with E-state index in [1.54, 1.807) is 29.2 Å². The summed E-state index contributed by atoms with van der Waals surface area (Å²) in [5, 5.41) is 2.58. The number of rotatable bonds is 6. The van der Waals surface area contributed by atoms with Crippen molar-refractivity contribution in [3.63, 3.8) is 0 Å². The summed E-state index contributed by atoms with van der Waals surface area (Å²) in [5.74, 6) is -2.09. The molecule has 0 saturated heterocycles. The van der Waals surface area contributed by atoms with Gasteiger partial charge in [-0.2, -0.15) is 0 Å². The van der Waals surface area contributed by atoms with Gasteiger partial charge in [-0.15, -0.1) is 0 Å². The number of amides is 3. The number of anilines is 3. The number of nitrogens with one attached hydrogen (secondary N) is 1. The van der Waals surface area contributed by atoms with Crippen molar-refractivity contribution in [3.05, 3.63) is 100 Å². The summed E-state index contributed by atoms with van der Waals surface area (Å²) in [5.41, 5.74) is 2.72. The van der Waals surface area contributed by atoms with Gasteiger partial charge >= 0.3 is 0 Å². The molecule has 0 saturated carbocycles. The number of aryl methyl sites for hydroxylation is 1. The van der Waals surface area contributed by atoms with Gasteiger partial charge in [-0.3, -0.25) is 14.4 Å². The highest BCUT2D eigenvalue weighted by atomic mass is 35.5. The second-order valence-corrected chi connectivity index (χ2v) is 8.08. The average Bonchev–Trinajstić information content (AvgIpc) is 3.03. The molecular formula is C26H21ClFN3O3. The van der Waals surface area contributed by atoms with Crippen molar-refractivity contribution in [1.29, 1.82) is 0 Å². The van der Waals surface area contributed by atoms with Crippen LogP contribution in [0.15, 0.2) is 83.5 Å². The lowest BCUT2D eigenvalue weighted by Crippen LogP contribution is -2.32. The minimum atomic E-state index is -0.718. The standard InChI is InChI=1S/C26H21ClFN3O3/c1-3-30(21-9-4-6-16(2)14-21)24(32)17-7-5-8-19(15-17)29-23-22(27)25(33)31(26(23)34)20-12-10-18(28)11-13-20/h4-15,29H,3H2,1-2H3. The van der Waals surface area contributed by atoms with Crippen molar-refractivity contribution in [2.24, 2.45) is 0 Å². The number of hydrogen-bond acceptors (Lipinski definition) is 4. The monoisotopic (exact) mass is 477 g/mol. The van der Waals surface area contributed by atoms with E-state index in [4.69, 9.17) is 11.6 Å². The van der Waals surface area contributed by atoms with Gasteiger partial charge in [-0.25, -0.2) is 9.29 Å². The summed E-state index contributed by atoms with van der Waals surface area (Å²) < 4.78 is 13.3. The molecule has 1 N–H and O–H groups in total. The van der Waals surface area contributed by atoms with Gasteiger partial charge in [0.15, 0.2) is 0 Å². The summed E-state index contributed by atoms with van der Waals surface area (Å²) in [7, 11) is 0. The molecule has 0 aliphatic carbocycles. The van der Waals surface area contributed by atoms with Gasteiger partial charge in [-0.1, -0.05) is 29.8 Å². The molecule has 0 bridgehead atoms.